The Morgan fingerprint density at radius 3 is 2.27 bits per heavy atom. The summed E-state index contributed by atoms with van der Waals surface area (Å²) in [5.74, 6) is 1.49. The maximum Gasteiger partial charge on any atom is 0.226 e. The highest BCUT2D eigenvalue weighted by molar-refractivity contribution is 7.80. The van der Waals surface area contributed by atoms with Crippen LogP contribution in [0.1, 0.15) is 45.4 Å². The quantitative estimate of drug-likeness (QED) is 0.442. The van der Waals surface area contributed by atoms with Gasteiger partial charge in [0.1, 0.15) is 11.5 Å². The van der Waals surface area contributed by atoms with Crippen molar-refractivity contribution in [1.29, 1.82) is 0 Å². The number of unbranched alkanes of at least 4 members (excludes halogenated alkanes) is 4. The van der Waals surface area contributed by atoms with Crippen molar-refractivity contribution < 1.29 is 9.53 Å². The van der Waals surface area contributed by atoms with Crippen LogP contribution < -0.4 is 15.4 Å². The summed E-state index contributed by atoms with van der Waals surface area (Å²) in [6.07, 6.45) is 6.12. The Bertz CT molecular complexity index is 687. The zero-order chi connectivity index (χ0) is 18.6. The van der Waals surface area contributed by atoms with Gasteiger partial charge in [0, 0.05) is 12.1 Å². The van der Waals surface area contributed by atoms with Gasteiger partial charge in [0.2, 0.25) is 5.91 Å². The van der Waals surface area contributed by atoms with Crippen molar-refractivity contribution in [3.63, 3.8) is 0 Å². The lowest BCUT2D eigenvalue weighted by Crippen LogP contribution is -2.33. The fraction of sp³-hybridized carbons (Fsp3) is 0.333. The number of anilines is 1. The SMILES string of the molecule is CCCCCCCC(=O)NC(=S)Nc1ccc(Oc2ccccc2)cc1. The van der Waals surface area contributed by atoms with Crippen molar-refractivity contribution in [1.82, 2.24) is 5.32 Å². The molecule has 0 saturated heterocycles. The van der Waals surface area contributed by atoms with Crippen molar-refractivity contribution >= 4 is 28.9 Å². The molecule has 4 nitrogen and oxygen atoms in total. The molecule has 2 aromatic carbocycles. The molecule has 0 atom stereocenters. The van der Waals surface area contributed by atoms with Crippen molar-refractivity contribution in [3.8, 4) is 11.5 Å². The first-order valence-corrected chi connectivity index (χ1v) is 9.52. The maximum atomic E-state index is 11.9. The van der Waals surface area contributed by atoms with E-state index in [2.05, 4.69) is 17.6 Å². The lowest BCUT2D eigenvalue weighted by molar-refractivity contribution is -0.119. The molecule has 2 rings (SSSR count). The molecule has 0 fully saturated rings. The van der Waals surface area contributed by atoms with Crippen LogP contribution >= 0.6 is 12.2 Å². The molecule has 0 heterocycles. The van der Waals surface area contributed by atoms with Crippen LogP contribution in [0, 0.1) is 0 Å². The van der Waals surface area contributed by atoms with Crippen LogP contribution in [-0.4, -0.2) is 11.0 Å². The highest BCUT2D eigenvalue weighted by Gasteiger charge is 2.05. The van der Waals surface area contributed by atoms with Crippen LogP contribution in [0.4, 0.5) is 5.69 Å². The predicted octanol–water partition coefficient (Wildman–Crippen LogP) is 5.65. The molecule has 1 amide bonds. The second-order valence-electron chi connectivity index (χ2n) is 6.11. The third-order valence-electron chi connectivity index (χ3n) is 3.85. The van der Waals surface area contributed by atoms with Crippen LogP contribution in [-0.2, 0) is 4.79 Å². The minimum absolute atomic E-state index is 0.0389. The molecule has 0 unspecified atom stereocenters. The van der Waals surface area contributed by atoms with E-state index in [1.165, 1.54) is 19.3 Å². The number of benzene rings is 2. The largest absolute Gasteiger partial charge is 0.457 e. The zero-order valence-corrected chi connectivity index (χ0v) is 16.0. The molecular weight excluding hydrogens is 344 g/mol. The van der Waals surface area contributed by atoms with Gasteiger partial charge in [0.05, 0.1) is 0 Å². The minimum atomic E-state index is -0.0389. The fourth-order valence-electron chi connectivity index (χ4n) is 2.47. The summed E-state index contributed by atoms with van der Waals surface area (Å²) in [4.78, 5) is 11.9. The number of para-hydroxylation sites is 1. The van der Waals surface area contributed by atoms with E-state index in [0.717, 1.165) is 30.0 Å². The molecule has 0 aromatic heterocycles. The third kappa shape index (κ3) is 7.66. The van der Waals surface area contributed by atoms with Gasteiger partial charge in [0.25, 0.3) is 0 Å². The van der Waals surface area contributed by atoms with Gasteiger partial charge >= 0.3 is 0 Å². The second-order valence-corrected chi connectivity index (χ2v) is 6.51. The summed E-state index contributed by atoms with van der Waals surface area (Å²) in [6.45, 7) is 2.18. The monoisotopic (exact) mass is 370 g/mol. The van der Waals surface area contributed by atoms with Crippen LogP contribution in [0.2, 0.25) is 0 Å². The molecule has 0 spiro atoms. The van der Waals surface area contributed by atoms with Crippen LogP contribution in [0.25, 0.3) is 0 Å². The summed E-state index contributed by atoms with van der Waals surface area (Å²) in [7, 11) is 0. The predicted molar refractivity (Wildman–Crippen MR) is 111 cm³/mol. The molecule has 2 aromatic rings. The molecule has 2 N–H and O–H groups in total. The van der Waals surface area contributed by atoms with Crippen LogP contribution in [0.5, 0.6) is 11.5 Å². The Morgan fingerprint density at radius 1 is 0.923 bits per heavy atom. The van der Waals surface area contributed by atoms with E-state index >= 15 is 0 Å². The first-order chi connectivity index (χ1) is 12.7. The van der Waals surface area contributed by atoms with E-state index in [4.69, 9.17) is 17.0 Å². The Hall–Kier alpha value is -2.40. The average molecular weight is 371 g/mol. The van der Waals surface area contributed by atoms with E-state index in [1.54, 1.807) is 0 Å². The van der Waals surface area contributed by atoms with Crippen LogP contribution in [0.15, 0.2) is 54.6 Å². The summed E-state index contributed by atoms with van der Waals surface area (Å²) in [5.41, 5.74) is 0.804. The Labute approximate surface area is 161 Å². The molecule has 0 saturated carbocycles. The number of carbonyl (C=O) groups excluding carboxylic acids is 1. The van der Waals surface area contributed by atoms with Gasteiger partial charge in [-0.1, -0.05) is 50.8 Å². The molecule has 0 aliphatic heterocycles. The maximum absolute atomic E-state index is 11.9. The number of ether oxygens (including phenoxy) is 1. The highest BCUT2D eigenvalue weighted by atomic mass is 32.1. The number of hydrogen-bond donors (Lipinski definition) is 2. The van der Waals surface area contributed by atoms with Gasteiger partial charge < -0.3 is 15.4 Å². The lowest BCUT2D eigenvalue weighted by Gasteiger charge is -2.10. The van der Waals surface area contributed by atoms with Gasteiger partial charge in [-0.05, 0) is 55.0 Å². The van der Waals surface area contributed by atoms with Gasteiger partial charge in [0.15, 0.2) is 5.11 Å². The smallest absolute Gasteiger partial charge is 0.226 e. The van der Waals surface area contributed by atoms with Gasteiger partial charge in [-0.2, -0.15) is 0 Å². The Balaban J connectivity index is 1.72. The molecule has 0 radical (unpaired) electrons. The van der Waals surface area contributed by atoms with Gasteiger partial charge in [-0.15, -0.1) is 0 Å². The minimum Gasteiger partial charge on any atom is -0.457 e. The van der Waals surface area contributed by atoms with Crippen molar-refractivity contribution in [2.75, 3.05) is 5.32 Å². The molecule has 0 bridgehead atoms. The molecule has 5 heteroatoms. The van der Waals surface area contributed by atoms with E-state index in [1.807, 2.05) is 54.6 Å². The van der Waals surface area contributed by atoms with E-state index < -0.39 is 0 Å². The Morgan fingerprint density at radius 2 is 1.58 bits per heavy atom. The summed E-state index contributed by atoms with van der Waals surface area (Å²) >= 11 is 5.20. The van der Waals surface area contributed by atoms with Crippen molar-refractivity contribution in [3.05, 3.63) is 54.6 Å². The number of thiocarbonyl (C=S) groups is 1. The Kier molecular flexibility index (Phi) is 8.63. The zero-order valence-electron chi connectivity index (χ0n) is 15.2. The third-order valence-corrected chi connectivity index (χ3v) is 4.06. The van der Waals surface area contributed by atoms with Gasteiger partial charge in [-0.25, -0.2) is 0 Å². The van der Waals surface area contributed by atoms with E-state index in [9.17, 15) is 4.79 Å². The summed E-state index contributed by atoms with van der Waals surface area (Å²) in [5, 5.41) is 6.06. The van der Waals surface area contributed by atoms with Crippen molar-refractivity contribution in [2.45, 2.75) is 45.4 Å². The highest BCUT2D eigenvalue weighted by Crippen LogP contribution is 2.22. The second kappa shape index (κ2) is 11.3. The average Bonchev–Trinajstić information content (AvgIpc) is 2.64. The summed E-state index contributed by atoms with van der Waals surface area (Å²) in [6, 6.07) is 17.0. The van der Waals surface area contributed by atoms with Gasteiger partial charge in [-0.3, -0.25) is 4.79 Å². The summed E-state index contributed by atoms with van der Waals surface area (Å²) < 4.78 is 5.74. The number of hydrogen-bond acceptors (Lipinski definition) is 3. The standard InChI is InChI=1S/C21H26N2O2S/c1-2-3-4-5-9-12-20(24)23-21(26)22-17-13-15-19(16-14-17)25-18-10-7-6-8-11-18/h6-8,10-11,13-16H,2-5,9,12H2,1H3,(H2,22,23,24,26). The first-order valence-electron chi connectivity index (χ1n) is 9.11. The van der Waals surface area contributed by atoms with E-state index in [-0.39, 0.29) is 5.91 Å². The molecule has 138 valence electrons. The number of carbonyl (C=O) groups is 1. The number of nitrogens with one attached hydrogen (secondary N) is 2. The molecule has 0 aliphatic carbocycles. The van der Waals surface area contributed by atoms with E-state index in [0.29, 0.717) is 11.5 Å². The first kappa shape index (κ1) is 19.9. The normalized spacial score (nSPS) is 10.2. The lowest BCUT2D eigenvalue weighted by atomic mass is 10.1. The molecule has 0 aliphatic rings. The fourth-order valence-corrected chi connectivity index (χ4v) is 2.70. The van der Waals surface area contributed by atoms with Crippen LogP contribution in [0.3, 0.4) is 0 Å². The number of amides is 1. The number of rotatable bonds is 9. The topological polar surface area (TPSA) is 50.4 Å². The van der Waals surface area contributed by atoms with Crippen molar-refractivity contribution in [2.24, 2.45) is 0 Å². The molecular formula is C21H26N2O2S. The molecule has 26 heavy (non-hydrogen) atoms.